The Balaban J connectivity index is 2.41. The Morgan fingerprint density at radius 2 is 2.05 bits per heavy atom. The van der Waals surface area contributed by atoms with Crippen molar-refractivity contribution in [3.05, 3.63) is 62.8 Å². The van der Waals surface area contributed by atoms with Crippen LogP contribution in [0.3, 0.4) is 0 Å². The van der Waals surface area contributed by atoms with Crippen LogP contribution in [-0.2, 0) is 6.54 Å². The van der Waals surface area contributed by atoms with Crippen molar-refractivity contribution in [2.24, 2.45) is 0 Å². The molecule has 0 unspecified atom stereocenters. The molecule has 0 spiro atoms. The Morgan fingerprint density at radius 1 is 1.35 bits per heavy atom. The van der Waals surface area contributed by atoms with E-state index in [1.54, 1.807) is 6.07 Å². The maximum Gasteiger partial charge on any atom is 0.341 e. The topological polar surface area (TPSA) is 79.5 Å². The second kappa shape index (κ2) is 5.34. The number of nitrogens with zero attached hydrogens (tertiary/aromatic N) is 1. The normalized spacial score (nSPS) is 10.5. The second-order valence-electron chi connectivity index (χ2n) is 4.11. The first-order valence-corrected chi connectivity index (χ1v) is 5.86. The monoisotopic (exact) mass is 297 g/mol. The number of carboxylic acids is 1. The third-order valence-corrected chi connectivity index (χ3v) is 2.95. The Morgan fingerprint density at radius 3 is 2.65 bits per heavy atom. The maximum absolute atomic E-state index is 13.3. The van der Waals surface area contributed by atoms with E-state index in [2.05, 4.69) is 0 Å². The maximum atomic E-state index is 13.3. The van der Waals surface area contributed by atoms with Gasteiger partial charge >= 0.3 is 5.97 Å². The highest BCUT2D eigenvalue weighted by Gasteiger charge is 2.13. The van der Waals surface area contributed by atoms with E-state index in [0.29, 0.717) is 5.56 Å². The largest absolute Gasteiger partial charge is 0.503 e. The fraction of sp³-hybridized carbons (Fsp3) is 0.0769. The average Bonchev–Trinajstić information content (AvgIpc) is 2.37. The van der Waals surface area contributed by atoms with Gasteiger partial charge in [0.15, 0.2) is 5.75 Å². The Kier molecular flexibility index (Phi) is 3.76. The summed E-state index contributed by atoms with van der Waals surface area (Å²) in [4.78, 5) is 22.3. The zero-order valence-corrected chi connectivity index (χ0v) is 10.8. The van der Waals surface area contributed by atoms with Gasteiger partial charge < -0.3 is 14.8 Å². The van der Waals surface area contributed by atoms with Crippen LogP contribution in [0.25, 0.3) is 0 Å². The number of carbonyl (C=O) groups is 1. The molecule has 2 N–H and O–H groups in total. The number of hydrogen-bond donors (Lipinski definition) is 2. The van der Waals surface area contributed by atoms with Gasteiger partial charge in [-0.1, -0.05) is 17.7 Å². The van der Waals surface area contributed by atoms with Crippen LogP contribution in [0.15, 0.2) is 35.4 Å². The summed E-state index contributed by atoms with van der Waals surface area (Å²) in [5.41, 5.74) is -1.01. The number of benzene rings is 1. The summed E-state index contributed by atoms with van der Waals surface area (Å²) in [6.07, 6.45) is 2.16. The van der Waals surface area contributed by atoms with Gasteiger partial charge in [0.2, 0.25) is 5.43 Å². The van der Waals surface area contributed by atoms with Crippen molar-refractivity contribution >= 4 is 17.6 Å². The van der Waals surface area contributed by atoms with Crippen molar-refractivity contribution in [1.29, 1.82) is 0 Å². The van der Waals surface area contributed by atoms with Crippen LogP contribution < -0.4 is 5.43 Å². The summed E-state index contributed by atoms with van der Waals surface area (Å²) in [7, 11) is 0. The molecule has 0 aliphatic rings. The van der Waals surface area contributed by atoms with Gasteiger partial charge in [0, 0.05) is 12.7 Å². The molecule has 0 bridgehead atoms. The Bertz CT molecular complexity index is 742. The van der Waals surface area contributed by atoms with Crippen LogP contribution in [0.4, 0.5) is 4.39 Å². The molecule has 2 aromatic rings. The van der Waals surface area contributed by atoms with E-state index in [4.69, 9.17) is 16.7 Å². The molecule has 0 amide bonds. The number of halogens is 2. The fourth-order valence-corrected chi connectivity index (χ4v) is 1.83. The van der Waals surface area contributed by atoms with E-state index in [9.17, 15) is 19.1 Å². The van der Waals surface area contributed by atoms with Gasteiger partial charge in [0.1, 0.15) is 11.4 Å². The van der Waals surface area contributed by atoms with Gasteiger partial charge in [0.05, 0.1) is 11.2 Å². The molecule has 0 radical (unpaired) electrons. The van der Waals surface area contributed by atoms with Gasteiger partial charge in [-0.15, -0.1) is 0 Å². The minimum absolute atomic E-state index is 0.0253. The van der Waals surface area contributed by atoms with Gasteiger partial charge in [-0.25, -0.2) is 9.18 Å². The van der Waals surface area contributed by atoms with Gasteiger partial charge in [-0.3, -0.25) is 4.79 Å². The molecule has 5 nitrogen and oxygen atoms in total. The van der Waals surface area contributed by atoms with Crippen molar-refractivity contribution in [2.45, 2.75) is 6.54 Å². The van der Waals surface area contributed by atoms with E-state index >= 15 is 0 Å². The molecule has 104 valence electrons. The first-order valence-electron chi connectivity index (χ1n) is 5.48. The minimum Gasteiger partial charge on any atom is -0.503 e. The molecule has 2 rings (SSSR count). The lowest BCUT2D eigenvalue weighted by Gasteiger charge is -2.09. The van der Waals surface area contributed by atoms with Crippen LogP contribution in [0.1, 0.15) is 15.9 Å². The standard InChI is InChI=1S/C13H9ClFNO4/c14-9-2-1-7(3-10(9)15)4-16-5-8(13(19)20)12(18)11(17)6-16/h1-3,5-6,17H,4H2,(H,19,20). The smallest absolute Gasteiger partial charge is 0.341 e. The third kappa shape index (κ3) is 2.80. The van der Waals surface area contributed by atoms with Crippen molar-refractivity contribution in [1.82, 2.24) is 4.57 Å². The third-order valence-electron chi connectivity index (χ3n) is 2.64. The summed E-state index contributed by atoms with van der Waals surface area (Å²) in [6.45, 7) is 0.0855. The van der Waals surface area contributed by atoms with E-state index in [0.717, 1.165) is 12.4 Å². The molecule has 7 heteroatoms. The molecular formula is C13H9ClFNO4. The summed E-state index contributed by atoms with van der Waals surface area (Å²) in [5, 5.41) is 18.2. The van der Waals surface area contributed by atoms with Crippen molar-refractivity contribution in [3.8, 4) is 5.75 Å². The lowest BCUT2D eigenvalue weighted by Crippen LogP contribution is -2.17. The second-order valence-corrected chi connectivity index (χ2v) is 4.52. The van der Waals surface area contributed by atoms with Crippen molar-refractivity contribution in [2.75, 3.05) is 0 Å². The Labute approximate surface area is 117 Å². The molecule has 20 heavy (non-hydrogen) atoms. The SMILES string of the molecule is O=C(O)c1cn(Cc2ccc(Cl)c(F)c2)cc(O)c1=O. The van der Waals surface area contributed by atoms with Crippen LogP contribution in [-0.4, -0.2) is 20.7 Å². The lowest BCUT2D eigenvalue weighted by atomic mass is 10.2. The number of aromatic carboxylic acids is 1. The summed E-state index contributed by atoms with van der Waals surface area (Å²) < 4.78 is 14.6. The van der Waals surface area contributed by atoms with Crippen LogP contribution >= 0.6 is 11.6 Å². The summed E-state index contributed by atoms with van der Waals surface area (Å²) in [5.74, 6) is -2.73. The Hall–Kier alpha value is -2.34. The summed E-state index contributed by atoms with van der Waals surface area (Å²) >= 11 is 5.56. The van der Waals surface area contributed by atoms with E-state index < -0.39 is 28.5 Å². The first kappa shape index (κ1) is 14.1. The molecule has 0 atom stereocenters. The number of hydrogen-bond acceptors (Lipinski definition) is 3. The molecule has 1 heterocycles. The highest BCUT2D eigenvalue weighted by Crippen LogP contribution is 2.16. The molecule has 0 saturated carbocycles. The quantitative estimate of drug-likeness (QED) is 0.909. The van der Waals surface area contributed by atoms with Gasteiger partial charge in [0.25, 0.3) is 0 Å². The number of pyridine rings is 1. The zero-order chi connectivity index (χ0) is 14.9. The van der Waals surface area contributed by atoms with Crippen LogP contribution in [0, 0.1) is 5.82 Å². The molecular weight excluding hydrogens is 289 g/mol. The average molecular weight is 298 g/mol. The number of carboxylic acid groups (broad SMARTS) is 1. The van der Waals surface area contributed by atoms with E-state index in [1.807, 2.05) is 0 Å². The predicted molar refractivity (Wildman–Crippen MR) is 69.8 cm³/mol. The summed E-state index contributed by atoms with van der Waals surface area (Å²) in [6, 6.07) is 4.12. The molecule has 0 aliphatic heterocycles. The molecule has 0 fully saturated rings. The molecule has 1 aromatic heterocycles. The molecule has 0 saturated heterocycles. The first-order chi connectivity index (χ1) is 9.38. The van der Waals surface area contributed by atoms with Gasteiger partial charge in [-0.05, 0) is 17.7 Å². The van der Waals surface area contributed by atoms with E-state index in [-0.39, 0.29) is 11.6 Å². The van der Waals surface area contributed by atoms with Gasteiger partial charge in [-0.2, -0.15) is 0 Å². The fourth-order valence-electron chi connectivity index (χ4n) is 1.71. The van der Waals surface area contributed by atoms with Crippen molar-refractivity contribution < 1.29 is 19.4 Å². The molecule has 1 aromatic carbocycles. The number of rotatable bonds is 3. The van der Waals surface area contributed by atoms with E-state index in [1.165, 1.54) is 16.7 Å². The molecule has 0 aliphatic carbocycles. The predicted octanol–water partition coefficient (Wildman–Crippen LogP) is 2.09. The lowest BCUT2D eigenvalue weighted by molar-refractivity contribution is 0.0694. The number of aromatic nitrogens is 1. The van der Waals surface area contributed by atoms with Crippen LogP contribution in [0.5, 0.6) is 5.75 Å². The highest BCUT2D eigenvalue weighted by atomic mass is 35.5. The zero-order valence-electron chi connectivity index (χ0n) is 10.0. The highest BCUT2D eigenvalue weighted by molar-refractivity contribution is 6.30. The number of aromatic hydroxyl groups is 1. The minimum atomic E-state index is -1.44. The van der Waals surface area contributed by atoms with Crippen molar-refractivity contribution in [3.63, 3.8) is 0 Å². The van der Waals surface area contributed by atoms with Crippen LogP contribution in [0.2, 0.25) is 5.02 Å².